The molecule has 0 aliphatic carbocycles. The molecule has 3 unspecified atom stereocenters. The summed E-state index contributed by atoms with van der Waals surface area (Å²) in [5.41, 5.74) is 0. The highest BCUT2D eigenvalue weighted by molar-refractivity contribution is 5.77. The van der Waals surface area contributed by atoms with Gasteiger partial charge in [-0.25, -0.2) is 0 Å². The van der Waals surface area contributed by atoms with E-state index >= 15 is 0 Å². The molecule has 368 valence electrons. The van der Waals surface area contributed by atoms with Crippen molar-refractivity contribution in [3.63, 3.8) is 0 Å². The molecule has 0 rings (SSSR count). The predicted molar refractivity (Wildman–Crippen MR) is 282 cm³/mol. The summed E-state index contributed by atoms with van der Waals surface area (Å²) >= 11 is 0. The van der Waals surface area contributed by atoms with Crippen molar-refractivity contribution in [1.29, 1.82) is 0 Å². The van der Waals surface area contributed by atoms with Crippen molar-refractivity contribution in [1.82, 2.24) is 5.32 Å². The molecule has 1 amide bonds. The molecule has 0 aromatic heterocycles. The molecule has 65 heavy (non-hydrogen) atoms. The van der Waals surface area contributed by atoms with Gasteiger partial charge in [0.05, 0.1) is 25.2 Å². The normalized spacial score (nSPS) is 14.2. The Morgan fingerprint density at radius 2 is 0.877 bits per heavy atom. The van der Waals surface area contributed by atoms with E-state index < -0.39 is 18.2 Å². The van der Waals surface area contributed by atoms with Crippen LogP contribution >= 0.6 is 0 Å². The van der Waals surface area contributed by atoms with E-state index in [0.717, 1.165) is 83.5 Å². The number of unbranched alkanes of at least 4 members (excludes halogenated alkanes) is 21. The molecule has 0 saturated heterocycles. The van der Waals surface area contributed by atoms with Crippen LogP contribution in [0.4, 0.5) is 0 Å². The number of rotatable bonds is 45. The molecule has 0 aliphatic heterocycles. The fraction of sp³-hybridized carbons (Fsp3) is 0.627. The van der Waals surface area contributed by atoms with E-state index in [-0.39, 0.29) is 24.9 Å². The number of carbonyl (C=O) groups excluding carboxylic acids is 2. The van der Waals surface area contributed by atoms with E-state index in [2.05, 4.69) is 74.7 Å². The maximum absolute atomic E-state index is 13.2. The van der Waals surface area contributed by atoms with Gasteiger partial charge in [0.25, 0.3) is 0 Å². The third-order valence-corrected chi connectivity index (χ3v) is 11.3. The number of nitrogens with one attached hydrogen (secondary N) is 1. The van der Waals surface area contributed by atoms with E-state index in [1.165, 1.54) is 83.5 Å². The van der Waals surface area contributed by atoms with Crippen LogP contribution in [0.15, 0.2) is 122 Å². The monoisotopic (exact) mass is 900 g/mol. The number of hydrogen-bond acceptors (Lipinski definition) is 5. The van der Waals surface area contributed by atoms with Crippen LogP contribution in [-0.2, 0) is 14.3 Å². The Hall–Kier alpha value is -3.74. The summed E-state index contributed by atoms with van der Waals surface area (Å²) in [6.45, 7) is 6.22. The van der Waals surface area contributed by atoms with Crippen molar-refractivity contribution in [2.45, 2.75) is 232 Å². The molecule has 0 heterocycles. The molecule has 6 heteroatoms. The van der Waals surface area contributed by atoms with E-state index in [1.54, 1.807) is 0 Å². The summed E-state index contributed by atoms with van der Waals surface area (Å²) in [6, 6.07) is -0.739. The lowest BCUT2D eigenvalue weighted by molar-refractivity contribution is -0.151. The molecule has 0 spiro atoms. The van der Waals surface area contributed by atoms with Crippen molar-refractivity contribution in [2.24, 2.45) is 0 Å². The molecule has 0 aliphatic rings. The van der Waals surface area contributed by atoms with Crippen molar-refractivity contribution in [3.8, 4) is 0 Å². The van der Waals surface area contributed by atoms with Crippen LogP contribution in [0.25, 0.3) is 0 Å². The van der Waals surface area contributed by atoms with Crippen LogP contribution in [0, 0.1) is 0 Å². The largest absolute Gasteiger partial charge is 0.462 e. The first-order valence-corrected chi connectivity index (χ1v) is 26.4. The molecular formula is C59H97NO5. The summed E-state index contributed by atoms with van der Waals surface area (Å²) in [5, 5.41) is 23.8. The van der Waals surface area contributed by atoms with Crippen molar-refractivity contribution >= 4 is 11.9 Å². The van der Waals surface area contributed by atoms with Gasteiger partial charge in [-0.1, -0.05) is 264 Å². The number of esters is 1. The van der Waals surface area contributed by atoms with Crippen LogP contribution in [-0.4, -0.2) is 46.9 Å². The predicted octanol–water partition coefficient (Wildman–Crippen LogP) is 16.1. The fourth-order valence-corrected chi connectivity index (χ4v) is 7.31. The second-order valence-electron chi connectivity index (χ2n) is 17.4. The zero-order valence-electron chi connectivity index (χ0n) is 41.8. The van der Waals surface area contributed by atoms with Crippen molar-refractivity contribution in [2.75, 3.05) is 6.61 Å². The van der Waals surface area contributed by atoms with E-state index in [4.69, 9.17) is 4.74 Å². The molecule has 0 saturated carbocycles. The highest BCUT2D eigenvalue weighted by atomic mass is 16.5. The topological polar surface area (TPSA) is 95.9 Å². The van der Waals surface area contributed by atoms with Crippen molar-refractivity contribution in [3.05, 3.63) is 122 Å². The Balaban J connectivity index is 4.72. The first kappa shape index (κ1) is 61.3. The molecule has 0 aromatic carbocycles. The Labute approximate surface area is 400 Å². The third-order valence-electron chi connectivity index (χ3n) is 11.3. The lowest BCUT2D eigenvalue weighted by Crippen LogP contribution is -2.46. The Morgan fingerprint density at radius 1 is 0.462 bits per heavy atom. The number of ether oxygens (including phenoxy) is 1. The number of aliphatic hydroxyl groups excluding tert-OH is 2. The molecular weight excluding hydrogens is 803 g/mol. The van der Waals surface area contributed by atoms with Gasteiger partial charge in [-0.05, 0) is 57.8 Å². The summed E-state index contributed by atoms with van der Waals surface area (Å²) in [4.78, 5) is 26.2. The van der Waals surface area contributed by atoms with Gasteiger partial charge in [0.15, 0.2) is 0 Å². The Kier molecular flexibility index (Phi) is 48.3. The number of amides is 1. The minimum absolute atomic E-state index is 0.00998. The summed E-state index contributed by atoms with van der Waals surface area (Å²) in [6.07, 6.45) is 71.1. The quantitative estimate of drug-likeness (QED) is 0.0321. The van der Waals surface area contributed by atoms with Gasteiger partial charge in [-0.2, -0.15) is 0 Å². The molecule has 3 atom stereocenters. The highest BCUT2D eigenvalue weighted by Gasteiger charge is 2.24. The number of carbonyl (C=O) groups is 2. The van der Waals surface area contributed by atoms with E-state index in [9.17, 15) is 19.8 Å². The molecule has 6 nitrogen and oxygen atoms in total. The Morgan fingerprint density at radius 3 is 1.35 bits per heavy atom. The number of aliphatic hydroxyl groups is 2. The first-order chi connectivity index (χ1) is 32.0. The average molecular weight is 900 g/mol. The Bertz CT molecular complexity index is 1380. The standard InChI is InChI=1S/C59H97NO5/c1-4-7-10-13-16-19-22-25-27-28-29-31-34-37-40-43-46-49-52-59(64)65-55(50-47-44-41-38-35-32-24-21-18-15-12-9-6-3)53-58(63)60-56(54-61)57(62)51-48-45-42-39-36-33-30-26-23-20-17-14-11-8-5-2/h9-10,12-13,15-16,18-19,21-22,24-25,27-29,31-32,35,38,41,55-57,61-62H,4-8,11,14,17,20,23,26,30,33-34,36-37,39-40,42-54H2,1-3H3,(H,60,63)/b12-9+,13-10+,18-15+,19-16+,24-21-,25-22+,28-27+,31-29+,35-32-,41-38+. The summed E-state index contributed by atoms with van der Waals surface area (Å²) in [7, 11) is 0. The van der Waals surface area contributed by atoms with Crippen molar-refractivity contribution < 1.29 is 24.5 Å². The highest BCUT2D eigenvalue weighted by Crippen LogP contribution is 2.17. The number of allylic oxidation sites excluding steroid dienone is 20. The van der Waals surface area contributed by atoms with Gasteiger partial charge in [-0.3, -0.25) is 9.59 Å². The van der Waals surface area contributed by atoms with Gasteiger partial charge in [0.1, 0.15) is 6.10 Å². The zero-order chi connectivity index (χ0) is 47.4. The van der Waals surface area contributed by atoms with E-state index in [0.29, 0.717) is 19.3 Å². The summed E-state index contributed by atoms with van der Waals surface area (Å²) < 4.78 is 5.89. The molecule has 0 radical (unpaired) electrons. The third kappa shape index (κ3) is 46.6. The maximum Gasteiger partial charge on any atom is 0.306 e. The smallest absolute Gasteiger partial charge is 0.306 e. The van der Waals surface area contributed by atoms with E-state index in [1.807, 2.05) is 72.9 Å². The second kappa shape index (κ2) is 51.2. The summed E-state index contributed by atoms with van der Waals surface area (Å²) in [5.74, 6) is -0.586. The molecule has 0 aromatic rings. The lowest BCUT2D eigenvalue weighted by Gasteiger charge is -2.24. The van der Waals surface area contributed by atoms with Gasteiger partial charge in [-0.15, -0.1) is 0 Å². The van der Waals surface area contributed by atoms with Crippen LogP contribution in [0.5, 0.6) is 0 Å². The lowest BCUT2D eigenvalue weighted by atomic mass is 10.0. The van der Waals surface area contributed by atoms with Crippen LogP contribution in [0.3, 0.4) is 0 Å². The van der Waals surface area contributed by atoms with Gasteiger partial charge < -0.3 is 20.3 Å². The van der Waals surface area contributed by atoms with Crippen LogP contribution in [0.1, 0.15) is 213 Å². The van der Waals surface area contributed by atoms with Gasteiger partial charge in [0.2, 0.25) is 5.91 Å². The minimum atomic E-state index is -0.820. The first-order valence-electron chi connectivity index (χ1n) is 26.4. The maximum atomic E-state index is 13.2. The van der Waals surface area contributed by atoms with Gasteiger partial charge in [0, 0.05) is 6.42 Å². The molecule has 0 fully saturated rings. The van der Waals surface area contributed by atoms with Gasteiger partial charge >= 0.3 is 5.97 Å². The second-order valence-corrected chi connectivity index (χ2v) is 17.4. The molecule has 3 N–H and O–H groups in total. The van der Waals surface area contributed by atoms with Crippen LogP contribution < -0.4 is 5.32 Å². The minimum Gasteiger partial charge on any atom is -0.462 e. The fourth-order valence-electron chi connectivity index (χ4n) is 7.31. The average Bonchev–Trinajstić information content (AvgIpc) is 3.30. The zero-order valence-corrected chi connectivity index (χ0v) is 41.8. The SMILES string of the molecule is CC/C=C/C=C/C=C\C=C/C=C/CCCC(CC(=O)NC(CO)C(O)CCCCCCCCCCCCCCCCC)OC(=O)CCCCCCC/C=C/C=C/C=C/C=C/C=C/CCC. The molecule has 0 bridgehead atoms. The number of hydrogen-bond donors (Lipinski definition) is 3. The van der Waals surface area contributed by atoms with Crippen LogP contribution in [0.2, 0.25) is 0 Å².